The number of aliphatic carboxylic acids is 1. The van der Waals surface area contributed by atoms with E-state index in [1.165, 1.54) is 12.1 Å². The van der Waals surface area contributed by atoms with Gasteiger partial charge >= 0.3 is 5.97 Å². The zero-order chi connectivity index (χ0) is 30.9. The molecule has 0 aliphatic carbocycles. The van der Waals surface area contributed by atoms with Crippen LogP contribution in [0.15, 0.2) is 60.7 Å². The highest BCUT2D eigenvalue weighted by Crippen LogP contribution is 2.39. The monoisotopic (exact) mass is 591 g/mol. The van der Waals surface area contributed by atoms with Crippen LogP contribution in [0.2, 0.25) is 0 Å². The Labute approximate surface area is 253 Å². The first-order valence-electron chi connectivity index (χ1n) is 15.4. The molecule has 2 aliphatic heterocycles. The molecular weight excluding hydrogens is 548 g/mol. The largest absolute Gasteiger partial charge is 0.480 e. The first kappa shape index (κ1) is 31.1. The lowest BCUT2D eigenvalue weighted by molar-refractivity contribution is -0.147. The Balaban J connectivity index is 1.37. The summed E-state index contributed by atoms with van der Waals surface area (Å²) in [6.07, 6.45) is 1.97. The molecule has 3 aromatic carbocycles. The molecule has 5 rings (SSSR count). The van der Waals surface area contributed by atoms with E-state index >= 15 is 4.39 Å². The molecule has 2 heterocycles. The molecule has 0 aromatic heterocycles. The van der Waals surface area contributed by atoms with Gasteiger partial charge in [0.05, 0.1) is 5.92 Å². The normalized spacial score (nSPS) is 22.7. The SMILES string of the molecule is CCC[C@H]1CN([C@@H](Cc2ccc3ccccc3c2)C(=O)O)CCN1C(=O)[C@@H]1CN(C(C)(C)C)C[C@H]1c1ccc(F)cc1F. The molecule has 3 aromatic rings. The number of amides is 1. The van der Waals surface area contributed by atoms with Crippen molar-refractivity contribution in [1.29, 1.82) is 0 Å². The van der Waals surface area contributed by atoms with Crippen LogP contribution in [0.3, 0.4) is 0 Å². The van der Waals surface area contributed by atoms with Gasteiger partial charge in [-0.25, -0.2) is 8.78 Å². The third kappa shape index (κ3) is 6.75. The van der Waals surface area contributed by atoms with Crippen LogP contribution in [0, 0.1) is 17.6 Å². The Hall–Kier alpha value is -3.36. The van der Waals surface area contributed by atoms with E-state index in [2.05, 4.69) is 38.7 Å². The smallest absolute Gasteiger partial charge is 0.321 e. The second-order valence-electron chi connectivity index (χ2n) is 13.2. The summed E-state index contributed by atoms with van der Waals surface area (Å²) < 4.78 is 28.8. The van der Waals surface area contributed by atoms with Crippen LogP contribution in [0.5, 0.6) is 0 Å². The summed E-state index contributed by atoms with van der Waals surface area (Å²) in [5.74, 6) is -3.02. The van der Waals surface area contributed by atoms with Crippen molar-refractivity contribution in [2.75, 3.05) is 32.7 Å². The fraction of sp³-hybridized carbons (Fsp3) is 0.486. The molecule has 0 spiro atoms. The van der Waals surface area contributed by atoms with Gasteiger partial charge in [0.1, 0.15) is 17.7 Å². The van der Waals surface area contributed by atoms with Crippen molar-refractivity contribution in [3.05, 3.63) is 83.4 Å². The molecule has 8 heteroatoms. The number of piperazine rings is 1. The number of carbonyl (C=O) groups is 2. The van der Waals surface area contributed by atoms with Crippen molar-refractivity contribution in [2.45, 2.75) is 70.5 Å². The zero-order valence-electron chi connectivity index (χ0n) is 25.6. The average molecular weight is 592 g/mol. The molecule has 1 N–H and O–H groups in total. The van der Waals surface area contributed by atoms with Crippen molar-refractivity contribution in [2.24, 2.45) is 5.92 Å². The number of carboxylic acid groups (broad SMARTS) is 1. The van der Waals surface area contributed by atoms with E-state index in [-0.39, 0.29) is 17.5 Å². The lowest BCUT2D eigenvalue weighted by atomic mass is 9.86. The van der Waals surface area contributed by atoms with E-state index in [1.54, 1.807) is 0 Å². The second kappa shape index (κ2) is 12.7. The van der Waals surface area contributed by atoms with Gasteiger partial charge < -0.3 is 10.0 Å². The highest BCUT2D eigenvalue weighted by Gasteiger charge is 2.46. The van der Waals surface area contributed by atoms with Gasteiger partial charge in [-0.3, -0.25) is 19.4 Å². The minimum atomic E-state index is -0.869. The molecule has 230 valence electrons. The number of hydrogen-bond donors (Lipinski definition) is 1. The van der Waals surface area contributed by atoms with E-state index in [4.69, 9.17) is 0 Å². The second-order valence-corrected chi connectivity index (χ2v) is 13.2. The van der Waals surface area contributed by atoms with Gasteiger partial charge in [0.25, 0.3) is 0 Å². The molecule has 0 bridgehead atoms. The predicted octanol–water partition coefficient (Wildman–Crippen LogP) is 5.94. The van der Waals surface area contributed by atoms with Crippen LogP contribution in [0.25, 0.3) is 10.8 Å². The number of rotatable bonds is 8. The Kier molecular flexibility index (Phi) is 9.18. The van der Waals surface area contributed by atoms with Crippen molar-refractivity contribution in [3.63, 3.8) is 0 Å². The Morgan fingerprint density at radius 3 is 2.37 bits per heavy atom. The van der Waals surface area contributed by atoms with Crippen molar-refractivity contribution < 1.29 is 23.5 Å². The fourth-order valence-corrected chi connectivity index (χ4v) is 6.93. The molecule has 0 saturated carbocycles. The van der Waals surface area contributed by atoms with Gasteiger partial charge in [-0.1, -0.05) is 61.9 Å². The highest BCUT2D eigenvalue weighted by molar-refractivity contribution is 5.83. The third-order valence-electron chi connectivity index (χ3n) is 9.34. The van der Waals surface area contributed by atoms with E-state index in [0.717, 1.165) is 35.2 Å². The number of halogens is 2. The van der Waals surface area contributed by atoms with Crippen LogP contribution in [0.4, 0.5) is 8.78 Å². The summed E-state index contributed by atoms with van der Waals surface area (Å²) in [5, 5.41) is 12.5. The molecule has 43 heavy (non-hydrogen) atoms. The van der Waals surface area contributed by atoms with Gasteiger partial charge in [-0.2, -0.15) is 0 Å². The standard InChI is InChI=1S/C35H43F2N3O3/c1-5-8-27-20-38(32(34(42)43)18-23-11-12-24-9-6-7-10-25(24)17-23)15-16-40(27)33(41)30-22-39(35(2,3)4)21-29(30)28-14-13-26(36)19-31(28)37/h6-7,9-14,17,19,27,29-30,32H,5,8,15-16,18,20-22H2,1-4H3,(H,42,43)/t27-,29-,30+,32-/m0/s1. The molecule has 0 unspecified atom stereocenters. The highest BCUT2D eigenvalue weighted by atomic mass is 19.1. The number of carboxylic acids is 1. The quantitative estimate of drug-likeness (QED) is 0.351. The van der Waals surface area contributed by atoms with Crippen LogP contribution in [-0.4, -0.2) is 82.0 Å². The van der Waals surface area contributed by atoms with Gasteiger partial charge in [-0.15, -0.1) is 0 Å². The Bertz CT molecular complexity index is 1470. The van der Waals surface area contributed by atoms with Crippen LogP contribution < -0.4 is 0 Å². The molecule has 2 fully saturated rings. The number of benzene rings is 3. The fourth-order valence-electron chi connectivity index (χ4n) is 6.93. The number of fused-ring (bicyclic) bond motifs is 1. The summed E-state index contributed by atoms with van der Waals surface area (Å²) in [5.41, 5.74) is 1.12. The molecule has 4 atom stereocenters. The van der Waals surface area contributed by atoms with Gasteiger partial charge in [0.2, 0.25) is 5.91 Å². The maximum Gasteiger partial charge on any atom is 0.321 e. The van der Waals surface area contributed by atoms with Crippen LogP contribution >= 0.6 is 0 Å². The topological polar surface area (TPSA) is 64.1 Å². The zero-order valence-corrected chi connectivity index (χ0v) is 25.6. The van der Waals surface area contributed by atoms with Gasteiger partial charge in [-0.05, 0) is 61.6 Å². The Morgan fingerprint density at radius 2 is 1.70 bits per heavy atom. The first-order chi connectivity index (χ1) is 20.5. The minimum absolute atomic E-state index is 0.0278. The number of likely N-dealkylation sites (tertiary alicyclic amines) is 1. The molecule has 1 amide bonds. The summed E-state index contributed by atoms with van der Waals surface area (Å²) in [6, 6.07) is 16.9. The van der Waals surface area contributed by atoms with E-state index in [1.807, 2.05) is 46.2 Å². The number of hydrogen-bond acceptors (Lipinski definition) is 4. The Morgan fingerprint density at radius 1 is 0.953 bits per heavy atom. The first-order valence-corrected chi connectivity index (χ1v) is 15.4. The number of nitrogens with zero attached hydrogens (tertiary/aromatic N) is 3. The summed E-state index contributed by atoms with van der Waals surface area (Å²) in [6.45, 7) is 10.6. The lowest BCUT2D eigenvalue weighted by Gasteiger charge is -2.45. The average Bonchev–Trinajstić information content (AvgIpc) is 3.41. The minimum Gasteiger partial charge on any atom is -0.480 e. The van der Waals surface area contributed by atoms with Crippen molar-refractivity contribution in [3.8, 4) is 0 Å². The molecule has 0 radical (unpaired) electrons. The van der Waals surface area contributed by atoms with Gasteiger partial charge in [0.15, 0.2) is 0 Å². The molecule has 2 aliphatic rings. The summed E-state index contributed by atoms with van der Waals surface area (Å²) in [7, 11) is 0. The maximum atomic E-state index is 15.0. The lowest BCUT2D eigenvalue weighted by Crippen LogP contribution is -2.60. The van der Waals surface area contributed by atoms with Crippen molar-refractivity contribution >= 4 is 22.6 Å². The molecular formula is C35H43F2N3O3. The number of carbonyl (C=O) groups excluding carboxylic acids is 1. The van der Waals surface area contributed by atoms with E-state index < -0.39 is 35.5 Å². The van der Waals surface area contributed by atoms with E-state index in [9.17, 15) is 19.1 Å². The predicted molar refractivity (Wildman–Crippen MR) is 165 cm³/mol. The molecule has 6 nitrogen and oxygen atoms in total. The van der Waals surface area contributed by atoms with E-state index in [0.29, 0.717) is 44.7 Å². The summed E-state index contributed by atoms with van der Waals surface area (Å²) >= 11 is 0. The molecule has 2 saturated heterocycles. The van der Waals surface area contributed by atoms with Gasteiger partial charge in [0, 0.05) is 56.3 Å². The van der Waals surface area contributed by atoms with Crippen LogP contribution in [0.1, 0.15) is 57.6 Å². The van der Waals surface area contributed by atoms with Crippen LogP contribution in [-0.2, 0) is 16.0 Å². The third-order valence-corrected chi connectivity index (χ3v) is 9.34. The maximum absolute atomic E-state index is 15.0. The summed E-state index contributed by atoms with van der Waals surface area (Å²) in [4.78, 5) is 33.0. The van der Waals surface area contributed by atoms with Crippen molar-refractivity contribution in [1.82, 2.24) is 14.7 Å².